The molecule has 12 aromatic carbocycles. The van der Waals surface area contributed by atoms with E-state index in [1.54, 1.807) is 0 Å². The second-order valence-electron chi connectivity index (χ2n) is 20.5. The largest absolute Gasteiger partial charge is 0.309 e. The summed E-state index contributed by atoms with van der Waals surface area (Å²) >= 11 is 0. The quantitative estimate of drug-likeness (QED) is 0.137. The summed E-state index contributed by atoms with van der Waals surface area (Å²) in [5, 5.41) is 4.70. The van der Waals surface area contributed by atoms with Gasteiger partial charge >= 0.3 is 0 Å². The lowest BCUT2D eigenvalue weighted by Gasteiger charge is -2.21. The molecule has 0 atom stereocenters. The maximum absolute atomic E-state index is 5.57. The average molecular weight is 1020 g/mol. The van der Waals surface area contributed by atoms with Crippen molar-refractivity contribution in [1.29, 1.82) is 0 Å². The molecule has 4 nitrogen and oxygen atoms in total. The molecule has 3 aromatic heterocycles. The number of aromatic nitrogens is 4. The van der Waals surface area contributed by atoms with Gasteiger partial charge in [0, 0.05) is 49.4 Å². The van der Waals surface area contributed by atoms with E-state index in [1.807, 2.05) is 0 Å². The van der Waals surface area contributed by atoms with Crippen molar-refractivity contribution in [3.63, 3.8) is 0 Å². The van der Waals surface area contributed by atoms with Gasteiger partial charge in [0.15, 0.2) is 5.82 Å². The van der Waals surface area contributed by atoms with Gasteiger partial charge in [-0.15, -0.1) is 0 Å². The fourth-order valence-electron chi connectivity index (χ4n) is 12.0. The molecule has 0 aliphatic heterocycles. The highest BCUT2D eigenvalue weighted by Gasteiger charge is 2.26. The Morgan fingerprint density at radius 1 is 0.212 bits per heavy atom. The van der Waals surface area contributed by atoms with Gasteiger partial charge in [-0.25, -0.2) is 9.97 Å². The molecule has 374 valence electrons. The number of hydrogen-bond donors (Lipinski definition) is 0. The first-order valence-electron chi connectivity index (χ1n) is 27.3. The van der Waals surface area contributed by atoms with Crippen LogP contribution in [0, 0.1) is 0 Å². The first-order valence-corrected chi connectivity index (χ1v) is 27.3. The molecule has 0 bridgehead atoms. The zero-order valence-corrected chi connectivity index (χ0v) is 43.7. The third-order valence-corrected chi connectivity index (χ3v) is 15.8. The lowest BCUT2D eigenvalue weighted by molar-refractivity contribution is 1.15. The molecule has 0 saturated heterocycles. The van der Waals surface area contributed by atoms with Crippen molar-refractivity contribution in [2.24, 2.45) is 0 Å². The molecule has 3 heterocycles. The number of rotatable bonds is 10. The van der Waals surface area contributed by atoms with Crippen molar-refractivity contribution in [3.05, 3.63) is 303 Å². The molecule has 0 amide bonds. The van der Waals surface area contributed by atoms with Crippen LogP contribution in [0.4, 0.5) is 0 Å². The van der Waals surface area contributed by atoms with E-state index in [0.29, 0.717) is 5.82 Å². The van der Waals surface area contributed by atoms with Gasteiger partial charge in [0.25, 0.3) is 0 Å². The van der Waals surface area contributed by atoms with Crippen LogP contribution in [0.2, 0.25) is 0 Å². The van der Waals surface area contributed by atoms with Gasteiger partial charge in [-0.2, -0.15) is 0 Å². The van der Waals surface area contributed by atoms with Crippen LogP contribution >= 0.6 is 0 Å². The Morgan fingerprint density at radius 3 is 0.887 bits per heavy atom. The summed E-state index contributed by atoms with van der Waals surface area (Å²) in [6.07, 6.45) is 0. The summed E-state index contributed by atoms with van der Waals surface area (Å²) in [7, 11) is 0. The highest BCUT2D eigenvalue weighted by molar-refractivity contribution is 6.14. The molecule has 0 unspecified atom stereocenters. The minimum atomic E-state index is 0.637. The lowest BCUT2D eigenvalue weighted by Crippen LogP contribution is -2.04. The standard InChI is InChI=1S/C76H50N4/c1-7-22-51(23-8-1)57-38-42-70-63(46-57)64-47-58(52-24-9-2-10-25-52)39-43-71(64)79(70)69-36-20-19-34-61(69)75-62(76-77-67(55-30-15-5-16-31-55)50-68(78-76)56-32-17-6-18-33-56)35-21-37-74(75)80-72-44-40-59(53-26-11-3-12-27-53)48-65(72)66-49-60(41-45-73(66)80)54-28-13-4-14-29-54/h1-50H. The van der Waals surface area contributed by atoms with Crippen molar-refractivity contribution < 1.29 is 0 Å². The molecule has 0 N–H and O–H groups in total. The second kappa shape index (κ2) is 19.7. The van der Waals surface area contributed by atoms with Crippen LogP contribution in [-0.4, -0.2) is 19.1 Å². The van der Waals surface area contributed by atoms with Crippen molar-refractivity contribution in [2.45, 2.75) is 0 Å². The lowest BCUT2D eigenvalue weighted by atomic mass is 9.94. The van der Waals surface area contributed by atoms with E-state index < -0.39 is 0 Å². The average Bonchev–Trinajstić information content (AvgIpc) is 4.09. The van der Waals surface area contributed by atoms with Gasteiger partial charge in [0.05, 0.1) is 44.8 Å². The number of para-hydroxylation sites is 1. The van der Waals surface area contributed by atoms with E-state index in [4.69, 9.17) is 9.97 Å². The van der Waals surface area contributed by atoms with Crippen LogP contribution in [0.5, 0.6) is 0 Å². The van der Waals surface area contributed by atoms with Gasteiger partial charge in [0.2, 0.25) is 0 Å². The minimum absolute atomic E-state index is 0.637. The summed E-state index contributed by atoms with van der Waals surface area (Å²) in [6, 6.07) is 109. The van der Waals surface area contributed by atoms with Crippen LogP contribution in [0.25, 0.3) is 145 Å². The molecular weight excluding hydrogens is 969 g/mol. The number of benzene rings is 12. The monoisotopic (exact) mass is 1020 g/mol. The van der Waals surface area contributed by atoms with Gasteiger partial charge in [0.1, 0.15) is 0 Å². The van der Waals surface area contributed by atoms with Crippen molar-refractivity contribution >= 4 is 43.6 Å². The maximum atomic E-state index is 5.57. The van der Waals surface area contributed by atoms with E-state index in [1.165, 1.54) is 66.1 Å². The molecule has 15 aromatic rings. The van der Waals surface area contributed by atoms with Crippen LogP contribution in [0.1, 0.15) is 0 Å². The molecular formula is C76H50N4. The van der Waals surface area contributed by atoms with E-state index in [9.17, 15) is 0 Å². The highest BCUT2D eigenvalue weighted by atomic mass is 15.0. The third-order valence-electron chi connectivity index (χ3n) is 15.8. The van der Waals surface area contributed by atoms with E-state index in [2.05, 4.69) is 312 Å². The predicted molar refractivity (Wildman–Crippen MR) is 334 cm³/mol. The van der Waals surface area contributed by atoms with Crippen LogP contribution < -0.4 is 0 Å². The molecule has 0 radical (unpaired) electrons. The van der Waals surface area contributed by atoms with Crippen molar-refractivity contribution in [2.75, 3.05) is 0 Å². The Balaban J connectivity index is 1.05. The second-order valence-corrected chi connectivity index (χ2v) is 20.5. The molecule has 0 spiro atoms. The smallest absolute Gasteiger partial charge is 0.161 e. The summed E-state index contributed by atoms with van der Waals surface area (Å²) < 4.78 is 4.96. The Labute approximate surface area is 464 Å². The maximum Gasteiger partial charge on any atom is 0.161 e. The Bertz CT molecular complexity index is 4530. The van der Waals surface area contributed by atoms with Gasteiger partial charge in [-0.1, -0.05) is 237 Å². The molecule has 0 aliphatic rings. The summed E-state index contributed by atoms with van der Waals surface area (Å²) in [6.45, 7) is 0. The SMILES string of the molecule is c1ccc(-c2ccc3c(c2)c2cc(-c4ccccc4)ccc2n3-c2ccccc2-c2c(-c3nc(-c4ccccc4)cc(-c4ccccc4)n3)cccc2-n2c3ccc(-c4ccccc4)cc3c3cc(-c4ccccc4)ccc32)cc1. The first-order chi connectivity index (χ1) is 39.7. The molecule has 4 heteroatoms. The Morgan fingerprint density at radius 2 is 0.512 bits per heavy atom. The van der Waals surface area contributed by atoms with E-state index in [-0.39, 0.29) is 0 Å². The summed E-state index contributed by atoms with van der Waals surface area (Å²) in [5.41, 5.74) is 22.6. The van der Waals surface area contributed by atoms with Crippen LogP contribution in [-0.2, 0) is 0 Å². The van der Waals surface area contributed by atoms with Gasteiger partial charge in [-0.05, 0) is 111 Å². The van der Waals surface area contributed by atoms with E-state index in [0.717, 1.165) is 72.6 Å². The van der Waals surface area contributed by atoms with Gasteiger partial charge < -0.3 is 9.13 Å². The minimum Gasteiger partial charge on any atom is -0.309 e. The topological polar surface area (TPSA) is 35.6 Å². The Hall–Kier alpha value is -10.7. The normalized spacial score (nSPS) is 11.5. The van der Waals surface area contributed by atoms with Crippen LogP contribution in [0.3, 0.4) is 0 Å². The number of hydrogen-bond acceptors (Lipinski definition) is 2. The van der Waals surface area contributed by atoms with Crippen molar-refractivity contribution in [1.82, 2.24) is 19.1 Å². The van der Waals surface area contributed by atoms with Crippen molar-refractivity contribution in [3.8, 4) is 101 Å². The molecule has 0 saturated carbocycles. The molecule has 15 rings (SSSR count). The Kier molecular flexibility index (Phi) is 11.5. The number of fused-ring (bicyclic) bond motifs is 6. The fraction of sp³-hybridized carbons (Fsp3) is 0. The molecule has 0 fully saturated rings. The van der Waals surface area contributed by atoms with Crippen LogP contribution in [0.15, 0.2) is 303 Å². The fourth-order valence-corrected chi connectivity index (χ4v) is 12.0. The zero-order valence-electron chi connectivity index (χ0n) is 43.7. The zero-order chi connectivity index (χ0) is 52.9. The molecule has 0 aliphatic carbocycles. The molecule has 80 heavy (non-hydrogen) atoms. The first kappa shape index (κ1) is 46.6. The van der Waals surface area contributed by atoms with Gasteiger partial charge in [-0.3, -0.25) is 0 Å². The summed E-state index contributed by atoms with van der Waals surface area (Å²) in [5.74, 6) is 0.637. The third kappa shape index (κ3) is 8.17. The highest BCUT2D eigenvalue weighted by Crippen LogP contribution is 2.47. The summed E-state index contributed by atoms with van der Waals surface area (Å²) in [4.78, 5) is 11.1. The number of nitrogens with zero attached hydrogens (tertiary/aromatic N) is 4. The van der Waals surface area contributed by atoms with E-state index >= 15 is 0 Å². The predicted octanol–water partition coefficient (Wildman–Crippen LogP) is 20.0.